The number of hydrogen-bond donors (Lipinski definition) is 6. The molecule has 0 radical (unpaired) electrons. The van der Waals surface area contributed by atoms with Crippen LogP contribution in [0.1, 0.15) is 36.8 Å². The van der Waals surface area contributed by atoms with Crippen LogP contribution < -0.4 is 14.4 Å². The van der Waals surface area contributed by atoms with Gasteiger partial charge in [-0.1, -0.05) is 0 Å². The van der Waals surface area contributed by atoms with Crippen LogP contribution in [0, 0.1) is 18.3 Å². The molecule has 4 heterocycles. The van der Waals surface area contributed by atoms with Crippen molar-refractivity contribution in [3.8, 4) is 11.7 Å². The summed E-state index contributed by atoms with van der Waals surface area (Å²) >= 11 is 0. The second-order valence-electron chi connectivity index (χ2n) is 11.6. The Hall–Kier alpha value is -3.62. The van der Waals surface area contributed by atoms with Gasteiger partial charge in [-0.2, -0.15) is 18.3 Å². The van der Waals surface area contributed by atoms with Crippen molar-refractivity contribution in [1.82, 2.24) is 29.3 Å². The quantitative estimate of drug-likeness (QED) is 0.158. The van der Waals surface area contributed by atoms with Crippen LogP contribution in [-0.4, -0.2) is 104 Å². The van der Waals surface area contributed by atoms with Crippen molar-refractivity contribution in [3.05, 3.63) is 41.9 Å². The maximum atomic E-state index is 13.5. The normalized spacial score (nSPS) is 20.6. The van der Waals surface area contributed by atoms with Crippen molar-refractivity contribution in [2.45, 2.75) is 56.4 Å². The van der Waals surface area contributed by atoms with Crippen molar-refractivity contribution < 1.29 is 52.4 Å². The molecule has 0 saturated carbocycles. The van der Waals surface area contributed by atoms with Gasteiger partial charge in [-0.15, -0.1) is 5.10 Å². The van der Waals surface area contributed by atoms with Crippen molar-refractivity contribution in [2.75, 3.05) is 24.7 Å². The van der Waals surface area contributed by atoms with E-state index in [2.05, 4.69) is 19.9 Å². The average molecular weight is 662 g/mol. The van der Waals surface area contributed by atoms with Crippen LogP contribution in [0.5, 0.6) is 5.88 Å². The summed E-state index contributed by atoms with van der Waals surface area (Å²) in [5.41, 5.74) is -3.64. The van der Waals surface area contributed by atoms with E-state index < -0.39 is 71.8 Å². The Labute approximate surface area is 257 Å². The fourth-order valence-corrected chi connectivity index (χ4v) is 5.69. The number of aromatic nitrogens is 5. The number of pyridine rings is 1. The predicted molar refractivity (Wildman–Crippen MR) is 150 cm³/mol. The molecule has 4 rings (SSSR count). The molecule has 19 heteroatoms. The number of carbonyl (C=O) groups excluding carboxylic acids is 1. The van der Waals surface area contributed by atoms with Crippen molar-refractivity contribution in [1.29, 1.82) is 0 Å². The van der Waals surface area contributed by atoms with Crippen molar-refractivity contribution >= 4 is 22.7 Å². The van der Waals surface area contributed by atoms with Gasteiger partial charge in [0.25, 0.3) is 11.9 Å². The number of alkyl halides is 3. The van der Waals surface area contributed by atoms with Crippen LogP contribution in [0.25, 0.3) is 5.82 Å². The molecule has 1 aliphatic heterocycles. The topological polar surface area (TPSA) is 208 Å². The Morgan fingerprint density at radius 1 is 1.20 bits per heavy atom. The van der Waals surface area contributed by atoms with E-state index in [1.165, 1.54) is 54.0 Å². The first kappa shape index (κ1) is 34.3. The molecule has 0 bridgehead atoms. The Morgan fingerprint density at radius 3 is 2.40 bits per heavy atom. The number of rotatable bonds is 10. The molecule has 3 aromatic rings. The zero-order chi connectivity index (χ0) is 33.7. The molecular formula is C26H34F3N7O8S. The molecule has 6 N–H and O–H groups in total. The minimum absolute atomic E-state index is 0.0263. The van der Waals surface area contributed by atoms with E-state index in [0.717, 1.165) is 11.6 Å². The number of ether oxygens (including phenoxy) is 1. The molecule has 45 heavy (non-hydrogen) atoms. The lowest BCUT2D eigenvalue weighted by Gasteiger charge is -2.35. The summed E-state index contributed by atoms with van der Waals surface area (Å²) in [5, 5.41) is 58.1. The lowest BCUT2D eigenvalue weighted by Crippen LogP contribution is -2.49. The van der Waals surface area contributed by atoms with Gasteiger partial charge in [0, 0.05) is 32.1 Å². The van der Waals surface area contributed by atoms with E-state index in [4.69, 9.17) is 4.74 Å². The van der Waals surface area contributed by atoms with Gasteiger partial charge < -0.3 is 35.2 Å². The first-order valence-corrected chi connectivity index (χ1v) is 14.6. The van der Waals surface area contributed by atoms with Gasteiger partial charge in [-0.3, -0.25) is 14.2 Å². The summed E-state index contributed by atoms with van der Waals surface area (Å²) in [6, 6.07) is 3.90. The van der Waals surface area contributed by atoms with Crippen LogP contribution in [-0.2, 0) is 18.0 Å². The maximum Gasteiger partial charge on any atom is 0.399 e. The molecule has 15 nitrogen and oxygen atoms in total. The highest BCUT2D eigenvalue weighted by Gasteiger charge is 2.55. The predicted octanol–water partition coefficient (Wildman–Crippen LogP) is -0.0921. The maximum absolute atomic E-state index is 13.5. The van der Waals surface area contributed by atoms with E-state index in [1.54, 1.807) is 14.0 Å². The summed E-state index contributed by atoms with van der Waals surface area (Å²) < 4.78 is 63.2. The molecule has 1 aliphatic rings. The molecule has 248 valence electrons. The number of nitrogens with one attached hydrogen (secondary N) is 1. The fraction of sp³-hybridized carbons (Fsp3) is 0.538. The number of nitrogens with zero attached hydrogens (tertiary/aromatic N) is 6. The first-order valence-electron chi connectivity index (χ1n) is 13.4. The number of amides is 1. The van der Waals surface area contributed by atoms with E-state index in [9.17, 15) is 47.7 Å². The Bertz CT molecular complexity index is 1590. The van der Waals surface area contributed by atoms with E-state index >= 15 is 0 Å². The molecule has 4 unspecified atom stereocenters. The van der Waals surface area contributed by atoms with Crippen LogP contribution in [0.4, 0.5) is 19.0 Å². The first-order chi connectivity index (χ1) is 20.7. The lowest BCUT2D eigenvalue weighted by molar-refractivity contribution is -0.348. The van der Waals surface area contributed by atoms with Gasteiger partial charge in [0.2, 0.25) is 5.88 Å². The van der Waals surface area contributed by atoms with E-state index in [0.29, 0.717) is 5.69 Å². The van der Waals surface area contributed by atoms with Gasteiger partial charge in [0.15, 0.2) is 16.8 Å². The Kier molecular flexibility index (Phi) is 9.10. The van der Waals surface area contributed by atoms with Crippen LogP contribution in [0.2, 0.25) is 0 Å². The number of anilines is 1. The number of aryl methyl sites for hydroxylation is 2. The highest BCUT2D eigenvalue weighted by Crippen LogP contribution is 2.41. The van der Waals surface area contributed by atoms with Gasteiger partial charge in [0.1, 0.15) is 22.7 Å². The zero-order valence-electron chi connectivity index (χ0n) is 24.8. The monoisotopic (exact) mass is 661 g/mol. The molecule has 1 amide bonds. The van der Waals surface area contributed by atoms with Gasteiger partial charge in [-0.05, 0) is 39.8 Å². The molecule has 0 spiro atoms. The average Bonchev–Trinajstić information content (AvgIpc) is 3.61. The van der Waals surface area contributed by atoms with E-state index in [1.807, 2.05) is 0 Å². The van der Waals surface area contributed by atoms with E-state index in [-0.39, 0.29) is 28.0 Å². The van der Waals surface area contributed by atoms with Crippen molar-refractivity contribution in [2.24, 2.45) is 18.4 Å². The summed E-state index contributed by atoms with van der Waals surface area (Å²) in [5.74, 6) is -6.02. The fourth-order valence-electron chi connectivity index (χ4n) is 4.74. The number of carbonyl (C=O) groups is 1. The molecule has 0 aromatic carbocycles. The lowest BCUT2D eigenvalue weighted by atomic mass is 9.91. The summed E-state index contributed by atoms with van der Waals surface area (Å²) in [7, 11) is -0.432. The Balaban J connectivity index is 1.72. The number of aliphatic hydroxyl groups is 5. The molecule has 0 aliphatic carbocycles. The van der Waals surface area contributed by atoms with Gasteiger partial charge in [0.05, 0.1) is 35.4 Å². The third kappa shape index (κ3) is 6.68. The minimum atomic E-state index is -4.75. The minimum Gasteiger partial charge on any atom is -0.476 e. The van der Waals surface area contributed by atoms with Crippen LogP contribution >= 0.6 is 0 Å². The summed E-state index contributed by atoms with van der Waals surface area (Å²) in [6.45, 7) is 2.88. The largest absolute Gasteiger partial charge is 0.476 e. The second-order valence-corrected chi connectivity index (χ2v) is 12.8. The summed E-state index contributed by atoms with van der Waals surface area (Å²) in [4.78, 5) is 19.6. The third-order valence-electron chi connectivity index (χ3n) is 7.76. The SMILES string of the molecule is Cc1nn(C)cc1S(=O)NC(=O)c1ccc(-n2ccc(OCC(C)(CO)C(F)(F)F)n2)nc1N1CC(C(O)(O)O)C(O)C1(C)C. The molecule has 1 saturated heterocycles. The standard InChI is InChI=1S/C26H34F3N7O8S/c1-14-17(11-34(5)31-14)45(43)33-22(39)15-6-7-18(30-21(15)35-10-16(25(40,41)42)20(38)23(35,2)3)36-9-8-19(32-36)44-13-24(4,12-37)26(27,28)29/h6-9,11,16,20,37-38,40-42H,10,12-13H2,1-5H3,(H,33,39). The van der Waals surface area contributed by atoms with Crippen LogP contribution in [0.3, 0.4) is 0 Å². The zero-order valence-corrected chi connectivity index (χ0v) is 25.7. The van der Waals surface area contributed by atoms with Gasteiger partial charge >= 0.3 is 6.18 Å². The molecule has 4 atom stereocenters. The highest BCUT2D eigenvalue weighted by atomic mass is 32.2. The molecular weight excluding hydrogens is 627 g/mol. The Morgan fingerprint density at radius 2 is 1.87 bits per heavy atom. The number of aliphatic hydroxyl groups excluding tert-OH is 2. The molecule has 3 aromatic heterocycles. The highest BCUT2D eigenvalue weighted by molar-refractivity contribution is 7.83. The third-order valence-corrected chi connectivity index (χ3v) is 8.93. The second kappa shape index (κ2) is 12.0. The smallest absolute Gasteiger partial charge is 0.399 e. The number of halogens is 3. The van der Waals surface area contributed by atoms with Crippen LogP contribution in [0.15, 0.2) is 35.5 Å². The van der Waals surface area contributed by atoms with Crippen molar-refractivity contribution in [3.63, 3.8) is 0 Å². The van der Waals surface area contributed by atoms with Gasteiger partial charge in [-0.25, -0.2) is 13.9 Å². The molecule has 1 fully saturated rings. The number of hydrogen-bond acceptors (Lipinski definition) is 12. The summed E-state index contributed by atoms with van der Waals surface area (Å²) in [6.07, 6.45) is -3.50.